The lowest BCUT2D eigenvalue weighted by molar-refractivity contribution is -0.124. The number of fused-ring (bicyclic) bond motifs is 3. The summed E-state index contributed by atoms with van der Waals surface area (Å²) < 4.78 is 13.4. The van der Waals surface area contributed by atoms with E-state index in [0.29, 0.717) is 64.0 Å². The third kappa shape index (κ3) is 7.45. The molecule has 8 rings (SSSR count). The Morgan fingerprint density at radius 2 is 1.63 bits per heavy atom. The van der Waals surface area contributed by atoms with Crippen molar-refractivity contribution in [3.63, 3.8) is 0 Å². The zero-order valence-corrected chi connectivity index (χ0v) is 31.8. The minimum Gasteiger partial charge on any atom is -0.496 e. The van der Waals surface area contributed by atoms with Crippen LogP contribution in [0.5, 0.6) is 5.75 Å². The van der Waals surface area contributed by atoms with Crippen molar-refractivity contribution < 1.29 is 24.2 Å². The minimum atomic E-state index is -0.341. The molecule has 2 bridgehead atoms. The molecule has 0 atom stereocenters. The second-order valence-electron chi connectivity index (χ2n) is 17.2. The highest BCUT2D eigenvalue weighted by atomic mass is 16.6. The number of aliphatic hydroxyl groups excluding tert-OH is 1. The zero-order chi connectivity index (χ0) is 36.7. The molecule has 3 aromatic rings. The van der Waals surface area contributed by atoms with Crippen LogP contribution in [-0.4, -0.2) is 75.7 Å². The number of hydrogen-bond acceptors (Lipinski definition) is 7. The molecule has 1 aliphatic heterocycles. The van der Waals surface area contributed by atoms with Gasteiger partial charge >= 0.3 is 6.09 Å². The first-order valence-corrected chi connectivity index (χ1v) is 19.5. The molecule has 1 saturated heterocycles. The van der Waals surface area contributed by atoms with Crippen LogP contribution in [0.25, 0.3) is 11.1 Å². The fourth-order valence-corrected chi connectivity index (χ4v) is 9.25. The topological polar surface area (TPSA) is 110 Å². The Morgan fingerprint density at radius 1 is 0.942 bits per heavy atom. The van der Waals surface area contributed by atoms with E-state index in [1.54, 1.807) is 12.0 Å². The molecule has 1 N–H and O–H groups in total. The maximum Gasteiger partial charge on any atom is 0.410 e. The minimum absolute atomic E-state index is 0.0441. The number of pyridine rings is 1. The molecule has 2 aromatic heterocycles. The Bertz CT molecular complexity index is 1720. The van der Waals surface area contributed by atoms with Crippen molar-refractivity contribution in [1.82, 2.24) is 19.7 Å². The van der Waals surface area contributed by atoms with Crippen molar-refractivity contribution in [2.75, 3.05) is 31.6 Å². The van der Waals surface area contributed by atoms with Crippen LogP contribution in [0.1, 0.15) is 109 Å². The van der Waals surface area contributed by atoms with Crippen molar-refractivity contribution in [2.24, 2.45) is 11.3 Å². The van der Waals surface area contributed by atoms with Gasteiger partial charge in [-0.25, -0.2) is 9.78 Å². The van der Waals surface area contributed by atoms with Crippen molar-refractivity contribution in [3.05, 3.63) is 60.0 Å². The summed E-state index contributed by atoms with van der Waals surface area (Å²) in [4.78, 5) is 36.2. The highest BCUT2D eigenvalue weighted by molar-refractivity contribution is 5.95. The number of likely N-dealkylation sites (tertiary alicyclic amines) is 1. The standard InChI is InChI=1S/C42H57N5O5/c1-29-24-33(8-11-36(29)51-5)42-18-15-41(16-19-42,17-20-42)28-46(37-25-31(12-21-43-37)32-26-44-47(27-32)40(2,3)4)38(49)30-6-9-35(10-7-30)52-39(50)45-22-13-34(48)14-23-45/h8,11-12,21,24-27,30,34-35,48H,6-7,9-10,13-20,22-23,28H2,1-5H3. The summed E-state index contributed by atoms with van der Waals surface area (Å²) in [6.45, 7) is 10.2. The lowest BCUT2D eigenvalue weighted by Gasteiger charge is -2.55. The molecule has 4 saturated carbocycles. The third-order valence-electron chi connectivity index (χ3n) is 12.8. The Morgan fingerprint density at radius 3 is 2.25 bits per heavy atom. The van der Waals surface area contributed by atoms with Gasteiger partial charge in [0, 0.05) is 43.5 Å². The number of aryl methyl sites for hydroxylation is 1. The van der Waals surface area contributed by atoms with E-state index in [4.69, 9.17) is 14.5 Å². The molecule has 0 spiro atoms. The largest absolute Gasteiger partial charge is 0.496 e. The van der Waals surface area contributed by atoms with Gasteiger partial charge in [0.2, 0.25) is 5.91 Å². The summed E-state index contributed by atoms with van der Waals surface area (Å²) in [7, 11) is 1.73. The van der Waals surface area contributed by atoms with Gasteiger partial charge in [0.15, 0.2) is 0 Å². The Labute approximate surface area is 308 Å². The van der Waals surface area contributed by atoms with Crippen LogP contribution in [0.2, 0.25) is 0 Å². The van der Waals surface area contributed by atoms with E-state index in [1.165, 1.54) is 11.1 Å². The van der Waals surface area contributed by atoms with Gasteiger partial charge in [-0.05, 0) is 150 Å². The Hall–Kier alpha value is -3.92. The number of aliphatic hydroxyl groups is 1. The van der Waals surface area contributed by atoms with E-state index in [9.17, 15) is 14.7 Å². The van der Waals surface area contributed by atoms with Crippen LogP contribution >= 0.6 is 0 Å². The number of carbonyl (C=O) groups excluding carboxylic acids is 2. The summed E-state index contributed by atoms with van der Waals surface area (Å²) in [5, 5.41) is 14.5. The van der Waals surface area contributed by atoms with Crippen LogP contribution in [0, 0.1) is 18.3 Å². The molecular weight excluding hydrogens is 654 g/mol. The number of carbonyl (C=O) groups is 2. The first-order valence-electron chi connectivity index (χ1n) is 19.5. The number of nitrogens with zero attached hydrogens (tertiary/aromatic N) is 5. The molecule has 4 aliphatic carbocycles. The Balaban J connectivity index is 1.09. The number of rotatable bonds is 8. The molecule has 52 heavy (non-hydrogen) atoms. The average Bonchev–Trinajstić information content (AvgIpc) is 3.67. The van der Waals surface area contributed by atoms with Gasteiger partial charge in [-0.2, -0.15) is 5.10 Å². The molecule has 10 nitrogen and oxygen atoms in total. The van der Waals surface area contributed by atoms with Crippen LogP contribution in [0.3, 0.4) is 0 Å². The highest BCUT2D eigenvalue weighted by Crippen LogP contribution is 2.58. The summed E-state index contributed by atoms with van der Waals surface area (Å²) in [6, 6.07) is 10.8. The first-order chi connectivity index (χ1) is 24.9. The molecular formula is C42H57N5O5. The lowest BCUT2D eigenvalue weighted by atomic mass is 9.51. The van der Waals surface area contributed by atoms with Crippen LogP contribution in [0.4, 0.5) is 10.6 Å². The smallest absolute Gasteiger partial charge is 0.410 e. The van der Waals surface area contributed by atoms with Gasteiger partial charge < -0.3 is 19.5 Å². The first kappa shape index (κ1) is 36.4. The molecule has 10 heteroatoms. The SMILES string of the molecule is COc1ccc(C23CCC(CN(C(=O)C4CCC(OC(=O)N5CCC(O)CC5)CC4)c4cc(-c5cnn(C(C)(C)C)c5)ccn4)(CC2)CC3)cc1C. The maximum absolute atomic E-state index is 14.7. The van der Waals surface area contributed by atoms with E-state index in [0.717, 1.165) is 55.4 Å². The van der Waals surface area contributed by atoms with Crippen LogP contribution in [-0.2, 0) is 20.5 Å². The van der Waals surface area contributed by atoms with Crippen molar-refractivity contribution >= 4 is 17.8 Å². The van der Waals surface area contributed by atoms with Crippen LogP contribution in [0.15, 0.2) is 48.9 Å². The molecule has 0 unspecified atom stereocenters. The Kier molecular flexibility index (Phi) is 10.1. The van der Waals surface area contributed by atoms with Crippen molar-refractivity contribution in [2.45, 2.75) is 128 Å². The number of benzene rings is 1. The van der Waals surface area contributed by atoms with Gasteiger partial charge in [0.05, 0.1) is 24.9 Å². The monoisotopic (exact) mass is 711 g/mol. The van der Waals surface area contributed by atoms with E-state index < -0.39 is 0 Å². The van der Waals surface area contributed by atoms with Gasteiger partial charge in [0.1, 0.15) is 17.7 Å². The van der Waals surface area contributed by atoms with E-state index in [2.05, 4.69) is 63.3 Å². The number of piperidine rings is 1. The fourth-order valence-electron chi connectivity index (χ4n) is 9.25. The van der Waals surface area contributed by atoms with Gasteiger partial charge in [-0.1, -0.05) is 12.1 Å². The number of anilines is 1. The highest BCUT2D eigenvalue weighted by Gasteiger charge is 2.51. The number of ether oxygens (including phenoxy) is 2. The van der Waals surface area contributed by atoms with E-state index in [-0.39, 0.29) is 46.5 Å². The fraction of sp³-hybridized carbons (Fsp3) is 0.619. The third-order valence-corrected chi connectivity index (χ3v) is 12.8. The molecule has 1 aromatic carbocycles. The number of hydrogen-bond donors (Lipinski definition) is 1. The number of aromatic nitrogens is 3. The normalized spacial score (nSPS) is 26.6. The maximum atomic E-state index is 14.7. The lowest BCUT2D eigenvalue weighted by Crippen LogP contribution is -2.52. The predicted molar refractivity (Wildman–Crippen MR) is 201 cm³/mol. The number of methoxy groups -OCH3 is 1. The van der Waals surface area contributed by atoms with Crippen molar-refractivity contribution in [1.29, 1.82) is 0 Å². The molecule has 3 heterocycles. The summed E-state index contributed by atoms with van der Waals surface area (Å²) in [5.41, 5.74) is 4.70. The summed E-state index contributed by atoms with van der Waals surface area (Å²) in [6.07, 6.45) is 15.4. The zero-order valence-electron chi connectivity index (χ0n) is 31.8. The number of amides is 2. The predicted octanol–water partition coefficient (Wildman–Crippen LogP) is 7.79. The molecule has 0 radical (unpaired) electrons. The van der Waals surface area contributed by atoms with Gasteiger partial charge in [-0.15, -0.1) is 0 Å². The molecule has 5 fully saturated rings. The second-order valence-corrected chi connectivity index (χ2v) is 17.2. The molecule has 2 amide bonds. The van der Waals surface area contributed by atoms with Gasteiger partial charge in [-0.3, -0.25) is 14.4 Å². The average molecular weight is 712 g/mol. The van der Waals surface area contributed by atoms with E-state index >= 15 is 0 Å². The second kappa shape index (κ2) is 14.5. The van der Waals surface area contributed by atoms with Crippen LogP contribution < -0.4 is 9.64 Å². The van der Waals surface area contributed by atoms with Gasteiger partial charge in [0.25, 0.3) is 0 Å². The summed E-state index contributed by atoms with van der Waals surface area (Å²) in [5.74, 6) is 1.62. The molecule has 280 valence electrons. The van der Waals surface area contributed by atoms with E-state index in [1.807, 2.05) is 28.0 Å². The molecule has 5 aliphatic rings. The quantitative estimate of drug-likeness (QED) is 0.254. The summed E-state index contributed by atoms with van der Waals surface area (Å²) >= 11 is 0. The van der Waals surface area contributed by atoms with Crippen molar-refractivity contribution in [3.8, 4) is 16.9 Å².